The molecule has 2 heterocycles. The van der Waals surface area contributed by atoms with Gasteiger partial charge in [-0.3, -0.25) is 0 Å². The van der Waals surface area contributed by atoms with Crippen LogP contribution in [0.1, 0.15) is 36.9 Å². The smallest absolute Gasteiger partial charge is 0.129 e. The van der Waals surface area contributed by atoms with Gasteiger partial charge >= 0.3 is 0 Å². The Labute approximate surface area is 96.3 Å². The summed E-state index contributed by atoms with van der Waals surface area (Å²) in [7, 11) is 0. The van der Waals surface area contributed by atoms with Crippen molar-refractivity contribution in [2.24, 2.45) is 0 Å². The predicted octanol–water partition coefficient (Wildman–Crippen LogP) is 2.35. The van der Waals surface area contributed by atoms with Gasteiger partial charge < -0.3 is 10.1 Å². The number of aryl methyl sites for hydroxylation is 2. The Kier molecular flexibility index (Phi) is 3.91. The van der Waals surface area contributed by atoms with Crippen molar-refractivity contribution in [3.63, 3.8) is 0 Å². The van der Waals surface area contributed by atoms with Gasteiger partial charge in [-0.1, -0.05) is 6.07 Å². The van der Waals surface area contributed by atoms with Crippen LogP contribution in [0.25, 0.3) is 0 Å². The Morgan fingerprint density at radius 3 is 3.19 bits per heavy atom. The summed E-state index contributed by atoms with van der Waals surface area (Å²) < 4.78 is 0. The SMILES string of the molecule is O=CCCCCc1ccc2c(n1)NCCC2. The zero-order valence-corrected chi connectivity index (χ0v) is 9.54. The molecule has 0 bridgehead atoms. The molecule has 0 spiro atoms. The molecule has 1 aliphatic rings. The highest BCUT2D eigenvalue weighted by Gasteiger charge is 2.09. The highest BCUT2D eigenvalue weighted by molar-refractivity contribution is 5.49. The fourth-order valence-electron chi connectivity index (χ4n) is 2.04. The molecule has 86 valence electrons. The van der Waals surface area contributed by atoms with Gasteiger partial charge in [0.1, 0.15) is 12.1 Å². The number of rotatable bonds is 5. The number of aldehydes is 1. The van der Waals surface area contributed by atoms with Crippen molar-refractivity contribution < 1.29 is 4.79 Å². The first-order valence-corrected chi connectivity index (χ1v) is 6.06. The average molecular weight is 218 g/mol. The lowest BCUT2D eigenvalue weighted by atomic mass is 10.1. The number of hydrogen-bond donors (Lipinski definition) is 1. The zero-order chi connectivity index (χ0) is 11.2. The van der Waals surface area contributed by atoms with Gasteiger partial charge in [-0.05, 0) is 43.7 Å². The van der Waals surface area contributed by atoms with Crippen LogP contribution in [0, 0.1) is 0 Å². The Morgan fingerprint density at radius 2 is 2.31 bits per heavy atom. The Bertz CT molecular complexity index is 363. The van der Waals surface area contributed by atoms with Gasteiger partial charge in [0.15, 0.2) is 0 Å². The maximum atomic E-state index is 10.2. The fourth-order valence-corrected chi connectivity index (χ4v) is 2.04. The summed E-state index contributed by atoms with van der Waals surface area (Å²) >= 11 is 0. The quantitative estimate of drug-likeness (QED) is 0.609. The molecule has 1 aliphatic heterocycles. The molecule has 0 saturated heterocycles. The summed E-state index contributed by atoms with van der Waals surface area (Å²) in [5, 5.41) is 3.34. The number of nitrogens with one attached hydrogen (secondary N) is 1. The largest absolute Gasteiger partial charge is 0.370 e. The molecule has 16 heavy (non-hydrogen) atoms. The monoisotopic (exact) mass is 218 g/mol. The highest BCUT2D eigenvalue weighted by atomic mass is 16.1. The first-order chi connectivity index (χ1) is 7.90. The summed E-state index contributed by atoms with van der Waals surface area (Å²) in [4.78, 5) is 14.8. The maximum absolute atomic E-state index is 10.2. The van der Waals surface area contributed by atoms with Gasteiger partial charge in [0.05, 0.1) is 0 Å². The number of fused-ring (bicyclic) bond motifs is 1. The van der Waals surface area contributed by atoms with Crippen LogP contribution in [0.3, 0.4) is 0 Å². The number of carbonyl (C=O) groups is 1. The first kappa shape index (κ1) is 11.1. The molecule has 0 radical (unpaired) electrons. The first-order valence-electron chi connectivity index (χ1n) is 6.06. The third kappa shape index (κ3) is 2.81. The molecule has 0 atom stereocenters. The molecule has 0 aliphatic carbocycles. The molecule has 0 aromatic carbocycles. The van der Waals surface area contributed by atoms with E-state index in [1.807, 2.05) is 0 Å². The van der Waals surface area contributed by atoms with Crippen LogP contribution >= 0.6 is 0 Å². The Morgan fingerprint density at radius 1 is 1.38 bits per heavy atom. The molecule has 1 N–H and O–H groups in total. The van der Waals surface area contributed by atoms with E-state index >= 15 is 0 Å². The Hall–Kier alpha value is -1.38. The van der Waals surface area contributed by atoms with E-state index in [1.165, 1.54) is 12.0 Å². The summed E-state index contributed by atoms with van der Waals surface area (Å²) in [6, 6.07) is 4.30. The van der Waals surface area contributed by atoms with Crippen LogP contribution in [-0.2, 0) is 17.6 Å². The van der Waals surface area contributed by atoms with E-state index < -0.39 is 0 Å². The lowest BCUT2D eigenvalue weighted by molar-refractivity contribution is -0.107. The molecular formula is C13H18N2O. The summed E-state index contributed by atoms with van der Waals surface area (Å²) in [5.41, 5.74) is 2.47. The normalized spacial score (nSPS) is 14.0. The molecule has 3 nitrogen and oxygen atoms in total. The van der Waals surface area contributed by atoms with Gasteiger partial charge in [-0.15, -0.1) is 0 Å². The molecule has 0 amide bonds. The number of nitrogens with zero attached hydrogens (tertiary/aromatic N) is 1. The average Bonchev–Trinajstić information content (AvgIpc) is 2.34. The van der Waals surface area contributed by atoms with E-state index in [0.29, 0.717) is 6.42 Å². The summed E-state index contributed by atoms with van der Waals surface area (Å²) in [6.45, 7) is 1.04. The van der Waals surface area contributed by atoms with Crippen molar-refractivity contribution in [2.45, 2.75) is 38.5 Å². The lowest BCUT2D eigenvalue weighted by Crippen LogP contribution is -2.13. The third-order valence-electron chi connectivity index (χ3n) is 2.96. The van der Waals surface area contributed by atoms with Crippen LogP contribution in [0.5, 0.6) is 0 Å². The minimum Gasteiger partial charge on any atom is -0.370 e. The van der Waals surface area contributed by atoms with E-state index in [-0.39, 0.29) is 0 Å². The minimum absolute atomic E-state index is 0.670. The van der Waals surface area contributed by atoms with E-state index in [0.717, 1.165) is 50.0 Å². The van der Waals surface area contributed by atoms with Crippen LogP contribution < -0.4 is 5.32 Å². The third-order valence-corrected chi connectivity index (χ3v) is 2.96. The molecule has 0 saturated carbocycles. The van der Waals surface area contributed by atoms with Crippen molar-refractivity contribution >= 4 is 12.1 Å². The number of pyridine rings is 1. The van der Waals surface area contributed by atoms with E-state index in [4.69, 9.17) is 0 Å². The van der Waals surface area contributed by atoms with Crippen LogP contribution in [0.2, 0.25) is 0 Å². The van der Waals surface area contributed by atoms with Crippen molar-refractivity contribution in [3.05, 3.63) is 23.4 Å². The lowest BCUT2D eigenvalue weighted by Gasteiger charge is -2.17. The maximum Gasteiger partial charge on any atom is 0.129 e. The van der Waals surface area contributed by atoms with Crippen LogP contribution in [-0.4, -0.2) is 17.8 Å². The van der Waals surface area contributed by atoms with E-state index in [2.05, 4.69) is 22.4 Å². The summed E-state index contributed by atoms with van der Waals surface area (Å²) in [5.74, 6) is 1.07. The number of carbonyl (C=O) groups excluding carboxylic acids is 1. The fraction of sp³-hybridized carbons (Fsp3) is 0.538. The van der Waals surface area contributed by atoms with Crippen molar-refractivity contribution in [1.82, 2.24) is 4.98 Å². The van der Waals surface area contributed by atoms with Gasteiger partial charge in [0.2, 0.25) is 0 Å². The number of anilines is 1. The highest BCUT2D eigenvalue weighted by Crippen LogP contribution is 2.20. The van der Waals surface area contributed by atoms with Gasteiger partial charge in [-0.25, -0.2) is 4.98 Å². The number of hydrogen-bond acceptors (Lipinski definition) is 3. The standard InChI is InChI=1S/C13H18N2O/c16-10-3-1-2-6-12-8-7-11-5-4-9-14-13(11)15-12/h7-8,10H,1-6,9H2,(H,14,15). The van der Waals surface area contributed by atoms with Gasteiger partial charge in [0.25, 0.3) is 0 Å². The summed E-state index contributed by atoms with van der Waals surface area (Å²) in [6.07, 6.45) is 6.99. The predicted molar refractivity (Wildman–Crippen MR) is 64.7 cm³/mol. The molecule has 1 aromatic heterocycles. The van der Waals surface area contributed by atoms with Crippen molar-refractivity contribution in [1.29, 1.82) is 0 Å². The second-order valence-corrected chi connectivity index (χ2v) is 4.25. The van der Waals surface area contributed by atoms with E-state index in [9.17, 15) is 4.79 Å². The van der Waals surface area contributed by atoms with Crippen molar-refractivity contribution in [2.75, 3.05) is 11.9 Å². The second kappa shape index (κ2) is 5.64. The molecule has 1 aromatic rings. The molecule has 0 unspecified atom stereocenters. The topological polar surface area (TPSA) is 42.0 Å². The van der Waals surface area contributed by atoms with Crippen molar-refractivity contribution in [3.8, 4) is 0 Å². The molecule has 2 rings (SSSR count). The number of aromatic nitrogens is 1. The van der Waals surface area contributed by atoms with Gasteiger partial charge in [-0.2, -0.15) is 0 Å². The van der Waals surface area contributed by atoms with Crippen LogP contribution in [0.15, 0.2) is 12.1 Å². The zero-order valence-electron chi connectivity index (χ0n) is 9.54. The number of unbranched alkanes of at least 4 members (excludes halogenated alkanes) is 2. The minimum atomic E-state index is 0.670. The molecule has 0 fully saturated rings. The van der Waals surface area contributed by atoms with Gasteiger partial charge in [0, 0.05) is 18.7 Å². The molecular weight excluding hydrogens is 200 g/mol. The van der Waals surface area contributed by atoms with E-state index in [1.54, 1.807) is 0 Å². The second-order valence-electron chi connectivity index (χ2n) is 4.25. The van der Waals surface area contributed by atoms with Crippen LogP contribution in [0.4, 0.5) is 5.82 Å². The molecule has 3 heteroatoms. The Balaban J connectivity index is 1.92.